The van der Waals surface area contributed by atoms with Gasteiger partial charge in [-0.2, -0.15) is 0 Å². The van der Waals surface area contributed by atoms with E-state index in [2.05, 4.69) is 37.3 Å². The predicted octanol–water partition coefficient (Wildman–Crippen LogP) is 2.08. The Labute approximate surface area is 172 Å². The topological polar surface area (TPSA) is 91.3 Å². The first-order valence-electron chi connectivity index (χ1n) is 9.29. The second kappa shape index (κ2) is 8.78. The van der Waals surface area contributed by atoms with Gasteiger partial charge < -0.3 is 9.80 Å². The molecule has 2 aromatic heterocycles. The number of carbonyl (C=O) groups excluding carboxylic acids is 2. The van der Waals surface area contributed by atoms with Crippen molar-refractivity contribution in [1.29, 1.82) is 0 Å². The minimum atomic E-state index is -0.421. The molecule has 29 heavy (non-hydrogen) atoms. The van der Waals surface area contributed by atoms with Crippen LogP contribution in [-0.4, -0.2) is 57.8 Å². The Bertz CT molecular complexity index is 971. The number of para-hydroxylation sites is 1. The Balaban J connectivity index is 1.29. The first kappa shape index (κ1) is 19.0. The van der Waals surface area contributed by atoms with Crippen molar-refractivity contribution in [3.63, 3.8) is 0 Å². The molecule has 0 bridgehead atoms. The summed E-state index contributed by atoms with van der Waals surface area (Å²) in [5.74, 6) is -0.293. The molecule has 3 heterocycles. The molecule has 1 aromatic carbocycles. The van der Waals surface area contributed by atoms with Crippen molar-refractivity contribution in [2.45, 2.75) is 6.42 Å². The zero-order valence-electron chi connectivity index (χ0n) is 15.7. The molecule has 0 radical (unpaired) electrons. The highest BCUT2D eigenvalue weighted by atomic mass is 32.1. The van der Waals surface area contributed by atoms with Crippen LogP contribution in [0.5, 0.6) is 0 Å². The number of carbonyl (C=O) groups is 2. The Morgan fingerprint density at radius 2 is 1.72 bits per heavy atom. The quantitative estimate of drug-likeness (QED) is 0.695. The zero-order valence-corrected chi connectivity index (χ0v) is 16.5. The lowest BCUT2D eigenvalue weighted by molar-refractivity contribution is -0.130. The van der Waals surface area contributed by atoms with E-state index in [-0.39, 0.29) is 18.2 Å². The van der Waals surface area contributed by atoms with Crippen molar-refractivity contribution < 1.29 is 9.59 Å². The van der Waals surface area contributed by atoms with E-state index < -0.39 is 5.91 Å². The summed E-state index contributed by atoms with van der Waals surface area (Å²) in [5, 5.41) is 4.89. The molecule has 8 nitrogen and oxygen atoms in total. The fourth-order valence-electron chi connectivity index (χ4n) is 3.13. The number of nitrogens with zero attached hydrogens (tertiary/aromatic N) is 5. The van der Waals surface area contributed by atoms with Gasteiger partial charge in [-0.25, -0.2) is 15.0 Å². The maximum atomic E-state index is 12.6. The molecule has 0 aliphatic carbocycles. The van der Waals surface area contributed by atoms with Crippen LogP contribution < -0.4 is 10.2 Å². The van der Waals surface area contributed by atoms with Crippen molar-refractivity contribution >= 4 is 34.0 Å². The van der Waals surface area contributed by atoms with Crippen LogP contribution in [0.1, 0.15) is 16.3 Å². The van der Waals surface area contributed by atoms with Gasteiger partial charge >= 0.3 is 0 Å². The van der Waals surface area contributed by atoms with E-state index in [1.54, 1.807) is 11.4 Å². The van der Waals surface area contributed by atoms with Crippen LogP contribution in [0.2, 0.25) is 0 Å². The fourth-order valence-corrected chi connectivity index (χ4v) is 3.84. The molecule has 2 amide bonds. The number of anilines is 2. The maximum Gasteiger partial charge on any atom is 0.295 e. The standard InChI is InChI=1S/C20H20N6O2S/c27-17(26-11-9-25(10-12-26)16-5-2-1-3-6-16)13-15-14-29-20(23-15)24-19(28)18-21-7-4-8-22-18/h1-8,14H,9-13H2,(H,23,24,28). The van der Waals surface area contributed by atoms with E-state index in [0.29, 0.717) is 23.9 Å². The van der Waals surface area contributed by atoms with E-state index in [1.165, 1.54) is 29.4 Å². The maximum absolute atomic E-state index is 12.6. The number of nitrogens with one attached hydrogen (secondary N) is 1. The average molecular weight is 408 g/mol. The molecule has 1 aliphatic rings. The van der Waals surface area contributed by atoms with Crippen LogP contribution in [0.4, 0.5) is 10.8 Å². The summed E-state index contributed by atoms with van der Waals surface area (Å²) >= 11 is 1.28. The van der Waals surface area contributed by atoms with Crippen molar-refractivity contribution in [3.05, 3.63) is 65.7 Å². The van der Waals surface area contributed by atoms with Crippen LogP contribution in [0.25, 0.3) is 0 Å². The lowest BCUT2D eigenvalue weighted by atomic mass is 10.2. The van der Waals surface area contributed by atoms with Crippen molar-refractivity contribution in [2.75, 3.05) is 36.4 Å². The molecule has 1 saturated heterocycles. The molecule has 1 N–H and O–H groups in total. The van der Waals surface area contributed by atoms with E-state index >= 15 is 0 Å². The van der Waals surface area contributed by atoms with Crippen LogP contribution in [-0.2, 0) is 11.2 Å². The molecular formula is C20H20N6O2S. The summed E-state index contributed by atoms with van der Waals surface area (Å²) in [6.45, 7) is 3.00. The first-order valence-corrected chi connectivity index (χ1v) is 10.2. The molecule has 0 spiro atoms. The van der Waals surface area contributed by atoms with Crippen LogP contribution in [0.3, 0.4) is 0 Å². The highest BCUT2D eigenvalue weighted by Crippen LogP contribution is 2.19. The second-order valence-electron chi connectivity index (χ2n) is 6.55. The van der Waals surface area contributed by atoms with Gasteiger partial charge in [0, 0.05) is 49.6 Å². The van der Waals surface area contributed by atoms with E-state index in [9.17, 15) is 9.59 Å². The van der Waals surface area contributed by atoms with Crippen LogP contribution in [0, 0.1) is 0 Å². The van der Waals surface area contributed by atoms with Crippen molar-refractivity contribution in [3.8, 4) is 0 Å². The highest BCUT2D eigenvalue weighted by Gasteiger charge is 2.22. The third-order valence-corrected chi connectivity index (χ3v) is 5.43. The number of piperazine rings is 1. The number of thiazole rings is 1. The Hall–Kier alpha value is -3.33. The summed E-state index contributed by atoms with van der Waals surface area (Å²) in [7, 11) is 0. The molecule has 4 rings (SSSR count). The number of benzene rings is 1. The van der Waals surface area contributed by atoms with Crippen molar-refractivity contribution in [2.24, 2.45) is 0 Å². The smallest absolute Gasteiger partial charge is 0.295 e. The van der Waals surface area contributed by atoms with Gasteiger partial charge in [0.05, 0.1) is 12.1 Å². The third kappa shape index (κ3) is 4.75. The van der Waals surface area contributed by atoms with E-state index in [4.69, 9.17) is 0 Å². The third-order valence-electron chi connectivity index (χ3n) is 4.63. The molecule has 1 aliphatic heterocycles. The second-order valence-corrected chi connectivity index (χ2v) is 7.41. The largest absolute Gasteiger partial charge is 0.368 e. The lowest BCUT2D eigenvalue weighted by Gasteiger charge is -2.36. The van der Waals surface area contributed by atoms with Gasteiger partial charge in [0.15, 0.2) is 5.13 Å². The highest BCUT2D eigenvalue weighted by molar-refractivity contribution is 7.14. The molecule has 3 aromatic rings. The summed E-state index contributed by atoms with van der Waals surface area (Å²) in [5.41, 5.74) is 1.83. The van der Waals surface area contributed by atoms with Gasteiger partial charge in [-0.1, -0.05) is 18.2 Å². The van der Waals surface area contributed by atoms with Gasteiger partial charge in [0.25, 0.3) is 5.91 Å². The minimum Gasteiger partial charge on any atom is -0.368 e. The molecule has 148 valence electrons. The van der Waals surface area contributed by atoms with Gasteiger partial charge in [-0.3, -0.25) is 14.9 Å². The van der Waals surface area contributed by atoms with Gasteiger partial charge in [0.1, 0.15) is 0 Å². The summed E-state index contributed by atoms with van der Waals surface area (Å²) < 4.78 is 0. The van der Waals surface area contributed by atoms with Crippen LogP contribution in [0.15, 0.2) is 54.2 Å². The van der Waals surface area contributed by atoms with Gasteiger partial charge in [0.2, 0.25) is 11.7 Å². The van der Waals surface area contributed by atoms with E-state index in [1.807, 2.05) is 23.1 Å². The first-order chi connectivity index (χ1) is 14.2. The van der Waals surface area contributed by atoms with E-state index in [0.717, 1.165) is 13.1 Å². The Morgan fingerprint density at radius 3 is 2.45 bits per heavy atom. The SMILES string of the molecule is O=C(Nc1nc(CC(=O)N2CCN(c3ccccc3)CC2)cs1)c1ncccn1. The minimum absolute atomic E-state index is 0.0484. The molecule has 0 saturated carbocycles. The fraction of sp³-hybridized carbons (Fsp3) is 0.250. The summed E-state index contributed by atoms with van der Waals surface area (Å²) in [6.07, 6.45) is 3.23. The van der Waals surface area contributed by atoms with Crippen molar-refractivity contribution in [1.82, 2.24) is 19.9 Å². The number of aromatic nitrogens is 3. The zero-order chi connectivity index (χ0) is 20.1. The lowest BCUT2D eigenvalue weighted by Crippen LogP contribution is -2.49. The summed E-state index contributed by atoms with van der Waals surface area (Å²) in [4.78, 5) is 41.0. The monoisotopic (exact) mass is 408 g/mol. The van der Waals surface area contributed by atoms with Crippen LogP contribution >= 0.6 is 11.3 Å². The normalized spacial score (nSPS) is 13.9. The molecule has 0 atom stereocenters. The number of hydrogen-bond acceptors (Lipinski definition) is 7. The number of amides is 2. The van der Waals surface area contributed by atoms with Gasteiger partial charge in [-0.05, 0) is 18.2 Å². The average Bonchev–Trinajstić information content (AvgIpc) is 3.21. The molecule has 9 heteroatoms. The predicted molar refractivity (Wildman–Crippen MR) is 111 cm³/mol. The molecule has 0 unspecified atom stereocenters. The number of rotatable bonds is 5. The molecule has 1 fully saturated rings. The number of hydrogen-bond donors (Lipinski definition) is 1. The molecular weight excluding hydrogens is 388 g/mol. The Morgan fingerprint density at radius 1 is 1.00 bits per heavy atom. The van der Waals surface area contributed by atoms with Gasteiger partial charge in [-0.15, -0.1) is 11.3 Å². The summed E-state index contributed by atoms with van der Waals surface area (Å²) in [6, 6.07) is 11.9. The Kier molecular flexibility index (Phi) is 5.76.